The minimum absolute atomic E-state index is 0.663. The zero-order valence-corrected chi connectivity index (χ0v) is 14.2. The molecule has 2 rings (SSSR count). The van der Waals surface area contributed by atoms with Gasteiger partial charge in [-0.2, -0.15) is 0 Å². The van der Waals surface area contributed by atoms with Crippen LogP contribution < -0.4 is 4.31 Å². The van der Waals surface area contributed by atoms with Crippen LogP contribution >= 0.6 is 15.9 Å². The van der Waals surface area contributed by atoms with Crippen LogP contribution in [0.3, 0.4) is 0 Å². The van der Waals surface area contributed by atoms with Crippen molar-refractivity contribution in [3.05, 3.63) is 69.5 Å². The highest BCUT2D eigenvalue weighted by Crippen LogP contribution is 2.25. The maximum Gasteiger partial charge on any atom is 0.257 e. The maximum atomic E-state index is 12.4. The van der Waals surface area contributed by atoms with E-state index in [0.717, 1.165) is 15.6 Å². The minimum atomic E-state index is -3.51. The normalized spacial score (nSPS) is 11.8. The molecule has 0 aromatic heterocycles. The first-order chi connectivity index (χ1) is 9.90. The molecule has 0 saturated carbocycles. The van der Waals surface area contributed by atoms with Gasteiger partial charge in [0.1, 0.15) is 0 Å². The smallest absolute Gasteiger partial charge is 0.257 e. The lowest BCUT2D eigenvalue weighted by Crippen LogP contribution is -2.24. The summed E-state index contributed by atoms with van der Waals surface area (Å²) in [5.41, 5.74) is 2.40. The van der Waals surface area contributed by atoms with E-state index < -0.39 is 10.0 Å². The van der Waals surface area contributed by atoms with Crippen LogP contribution in [-0.2, 0) is 10.0 Å². The van der Waals surface area contributed by atoms with Crippen LogP contribution in [0, 0.1) is 6.92 Å². The fourth-order valence-corrected chi connectivity index (χ4v) is 3.40. The molecule has 5 heteroatoms. The van der Waals surface area contributed by atoms with Crippen LogP contribution in [0.5, 0.6) is 0 Å². The summed E-state index contributed by atoms with van der Waals surface area (Å²) in [4.78, 5) is 0. The standard InChI is InChI=1S/C16H16BrNO2S/c1-13-12-15(17)8-9-16(13)18(2)21(19,20)11-10-14-6-4-3-5-7-14/h3-12H,1-2H3. The van der Waals surface area contributed by atoms with E-state index in [1.165, 1.54) is 9.71 Å². The third-order valence-corrected chi connectivity index (χ3v) is 5.05. The van der Waals surface area contributed by atoms with Gasteiger partial charge in [0.05, 0.1) is 11.1 Å². The summed E-state index contributed by atoms with van der Waals surface area (Å²) in [5.74, 6) is 0. The number of halogens is 1. The van der Waals surface area contributed by atoms with E-state index in [9.17, 15) is 8.42 Å². The van der Waals surface area contributed by atoms with Gasteiger partial charge in [-0.15, -0.1) is 0 Å². The van der Waals surface area contributed by atoms with Crippen molar-refractivity contribution in [3.8, 4) is 0 Å². The Kier molecular flexibility index (Phi) is 4.85. The Morgan fingerprint density at radius 1 is 1.10 bits per heavy atom. The Bertz CT molecular complexity index is 755. The van der Waals surface area contributed by atoms with E-state index in [4.69, 9.17) is 0 Å². The van der Waals surface area contributed by atoms with E-state index in [2.05, 4.69) is 15.9 Å². The van der Waals surface area contributed by atoms with Crippen molar-refractivity contribution in [1.82, 2.24) is 0 Å². The SMILES string of the molecule is Cc1cc(Br)ccc1N(C)S(=O)(=O)C=Cc1ccccc1. The summed E-state index contributed by atoms with van der Waals surface area (Å²) in [6.45, 7) is 1.88. The van der Waals surface area contributed by atoms with Gasteiger partial charge in [0.25, 0.3) is 10.0 Å². The molecule has 0 N–H and O–H groups in total. The van der Waals surface area contributed by atoms with Crippen molar-refractivity contribution in [1.29, 1.82) is 0 Å². The maximum absolute atomic E-state index is 12.4. The number of rotatable bonds is 4. The highest BCUT2D eigenvalue weighted by Gasteiger charge is 2.16. The second-order valence-corrected chi connectivity index (χ2v) is 7.42. The predicted octanol–water partition coefficient (Wildman–Crippen LogP) is 4.19. The lowest BCUT2D eigenvalue weighted by molar-refractivity contribution is 0.603. The molecule has 21 heavy (non-hydrogen) atoms. The van der Waals surface area contributed by atoms with Gasteiger partial charge >= 0.3 is 0 Å². The summed E-state index contributed by atoms with van der Waals surface area (Å²) in [6, 6.07) is 14.9. The number of sulfonamides is 1. The number of hydrogen-bond acceptors (Lipinski definition) is 2. The Labute approximate surface area is 134 Å². The van der Waals surface area contributed by atoms with E-state index in [1.54, 1.807) is 19.2 Å². The van der Waals surface area contributed by atoms with Gasteiger partial charge in [0, 0.05) is 11.5 Å². The first-order valence-corrected chi connectivity index (χ1v) is 8.68. The van der Waals surface area contributed by atoms with Crippen molar-refractivity contribution in [2.24, 2.45) is 0 Å². The summed E-state index contributed by atoms with van der Waals surface area (Å²) in [5, 5.41) is 1.23. The van der Waals surface area contributed by atoms with E-state index in [1.807, 2.05) is 49.4 Å². The molecule has 0 spiro atoms. The summed E-state index contributed by atoms with van der Waals surface area (Å²) < 4.78 is 26.9. The predicted molar refractivity (Wildman–Crippen MR) is 91.7 cm³/mol. The molecule has 0 radical (unpaired) electrons. The molecule has 0 amide bonds. The van der Waals surface area contributed by atoms with Gasteiger partial charge in [-0.3, -0.25) is 4.31 Å². The van der Waals surface area contributed by atoms with Crippen molar-refractivity contribution in [2.75, 3.05) is 11.4 Å². The van der Waals surface area contributed by atoms with Gasteiger partial charge in [0.15, 0.2) is 0 Å². The second kappa shape index (κ2) is 6.45. The zero-order valence-electron chi connectivity index (χ0n) is 11.8. The van der Waals surface area contributed by atoms with E-state index >= 15 is 0 Å². The Morgan fingerprint density at radius 2 is 1.76 bits per heavy atom. The number of aryl methyl sites for hydroxylation is 1. The third kappa shape index (κ3) is 3.95. The van der Waals surface area contributed by atoms with Crippen molar-refractivity contribution in [2.45, 2.75) is 6.92 Å². The number of benzene rings is 2. The van der Waals surface area contributed by atoms with Gasteiger partial charge in [0.2, 0.25) is 0 Å². The summed E-state index contributed by atoms with van der Waals surface area (Å²) >= 11 is 3.38. The van der Waals surface area contributed by atoms with Crippen molar-refractivity contribution >= 4 is 37.7 Å². The highest BCUT2D eigenvalue weighted by molar-refractivity contribution is 9.10. The van der Waals surface area contributed by atoms with Crippen LogP contribution in [0.4, 0.5) is 5.69 Å². The summed E-state index contributed by atoms with van der Waals surface area (Å²) in [6.07, 6.45) is 1.60. The molecule has 2 aromatic rings. The largest absolute Gasteiger partial charge is 0.270 e. The molecule has 0 aliphatic rings. The van der Waals surface area contributed by atoms with Crippen LogP contribution in [0.25, 0.3) is 6.08 Å². The first kappa shape index (κ1) is 15.8. The van der Waals surface area contributed by atoms with Crippen LogP contribution in [-0.4, -0.2) is 15.5 Å². The molecule has 0 bridgehead atoms. The fourth-order valence-electron chi connectivity index (χ4n) is 1.93. The third-order valence-electron chi connectivity index (χ3n) is 3.11. The number of nitrogens with zero attached hydrogens (tertiary/aromatic N) is 1. The highest BCUT2D eigenvalue weighted by atomic mass is 79.9. The zero-order chi connectivity index (χ0) is 15.5. The lowest BCUT2D eigenvalue weighted by Gasteiger charge is -2.19. The molecular weight excluding hydrogens is 350 g/mol. The molecule has 3 nitrogen and oxygen atoms in total. The molecule has 0 aliphatic carbocycles. The van der Waals surface area contributed by atoms with Crippen LogP contribution in [0.1, 0.15) is 11.1 Å². The van der Waals surface area contributed by atoms with E-state index in [0.29, 0.717) is 5.69 Å². The Balaban J connectivity index is 2.29. The lowest BCUT2D eigenvalue weighted by atomic mass is 10.2. The van der Waals surface area contributed by atoms with Crippen LogP contribution in [0.2, 0.25) is 0 Å². The quantitative estimate of drug-likeness (QED) is 0.814. The summed E-state index contributed by atoms with van der Waals surface area (Å²) in [7, 11) is -1.95. The molecule has 0 heterocycles. The monoisotopic (exact) mass is 365 g/mol. The molecular formula is C16H16BrNO2S. The molecule has 0 aliphatic heterocycles. The Hall–Kier alpha value is -1.59. The molecule has 0 saturated heterocycles. The average Bonchev–Trinajstić information content (AvgIpc) is 2.46. The van der Waals surface area contributed by atoms with Gasteiger partial charge < -0.3 is 0 Å². The second-order valence-electron chi connectivity index (χ2n) is 4.66. The topological polar surface area (TPSA) is 37.4 Å². The van der Waals surface area contributed by atoms with Gasteiger partial charge in [-0.25, -0.2) is 8.42 Å². The molecule has 2 aromatic carbocycles. The first-order valence-electron chi connectivity index (χ1n) is 6.38. The molecule has 0 unspecified atom stereocenters. The van der Waals surface area contributed by atoms with Gasteiger partial charge in [-0.1, -0.05) is 46.3 Å². The number of anilines is 1. The van der Waals surface area contributed by atoms with Crippen molar-refractivity contribution in [3.63, 3.8) is 0 Å². The average molecular weight is 366 g/mol. The molecule has 0 fully saturated rings. The fraction of sp³-hybridized carbons (Fsp3) is 0.125. The van der Waals surface area contributed by atoms with E-state index in [-0.39, 0.29) is 0 Å². The van der Waals surface area contributed by atoms with Crippen LogP contribution in [0.15, 0.2) is 58.4 Å². The van der Waals surface area contributed by atoms with Crippen molar-refractivity contribution < 1.29 is 8.42 Å². The molecule has 0 atom stereocenters. The van der Waals surface area contributed by atoms with Gasteiger partial charge in [-0.05, 0) is 42.3 Å². The Morgan fingerprint density at radius 3 is 2.38 bits per heavy atom. The minimum Gasteiger partial charge on any atom is -0.270 e. The number of hydrogen-bond donors (Lipinski definition) is 0. The molecule has 110 valence electrons.